The number of nitrogens with zero attached hydrogens (tertiary/aromatic N) is 3. The number of aromatic nitrogens is 1. The second-order valence-corrected chi connectivity index (χ2v) is 7.62. The second kappa shape index (κ2) is 8.81. The predicted molar refractivity (Wildman–Crippen MR) is 107 cm³/mol. The van der Waals surface area contributed by atoms with Crippen LogP contribution in [-0.2, 0) is 19.0 Å². The zero-order valence-corrected chi connectivity index (χ0v) is 16.7. The fraction of sp³-hybridized carbons (Fsp3) is 0.474. The number of fused-ring (bicyclic) bond motifs is 1. The van der Waals surface area contributed by atoms with Crippen molar-refractivity contribution in [3.63, 3.8) is 0 Å². The van der Waals surface area contributed by atoms with E-state index in [0.717, 1.165) is 29.7 Å². The maximum Gasteiger partial charge on any atom is 0.434 e. The summed E-state index contributed by atoms with van der Waals surface area (Å²) in [6.45, 7) is 4.25. The van der Waals surface area contributed by atoms with Crippen LogP contribution in [0.25, 0.3) is 0 Å². The molecule has 2 aromatic rings. The third kappa shape index (κ3) is 4.95. The molecule has 0 fully saturated rings. The van der Waals surface area contributed by atoms with Gasteiger partial charge in [0.2, 0.25) is 0 Å². The molecule has 1 atom stereocenters. The number of benzene rings is 1. The first kappa shape index (κ1) is 20.4. The number of aliphatic imine (C=N–C) groups is 1. The molecule has 1 aromatic heterocycles. The maximum absolute atomic E-state index is 12.6. The van der Waals surface area contributed by atoms with E-state index in [1.54, 1.807) is 7.05 Å². The molecule has 5 nitrogen and oxygen atoms in total. The number of hydrogen-bond acceptors (Lipinski definition) is 4. The highest BCUT2D eigenvalue weighted by Crippen LogP contribution is 2.31. The fourth-order valence-electron chi connectivity index (χ4n) is 3.33. The number of para-hydroxylation sites is 1. The summed E-state index contributed by atoms with van der Waals surface area (Å²) in [5.41, 5.74) is 1.83. The smallest absolute Gasteiger partial charge is 0.367 e. The number of thiazole rings is 1. The lowest BCUT2D eigenvalue weighted by Crippen LogP contribution is -2.43. The molecule has 0 radical (unpaired) electrons. The molecule has 0 amide bonds. The van der Waals surface area contributed by atoms with Gasteiger partial charge in [-0.25, -0.2) is 4.98 Å². The van der Waals surface area contributed by atoms with Gasteiger partial charge in [0.15, 0.2) is 11.7 Å². The summed E-state index contributed by atoms with van der Waals surface area (Å²) in [4.78, 5) is 10.2. The van der Waals surface area contributed by atoms with Gasteiger partial charge in [-0.15, -0.1) is 11.3 Å². The van der Waals surface area contributed by atoms with Crippen LogP contribution in [0.1, 0.15) is 23.2 Å². The quantitative estimate of drug-likeness (QED) is 0.566. The summed E-state index contributed by atoms with van der Waals surface area (Å²) < 4.78 is 37.8. The van der Waals surface area contributed by atoms with E-state index in [9.17, 15) is 13.2 Å². The van der Waals surface area contributed by atoms with E-state index < -0.39 is 11.9 Å². The molecule has 0 saturated heterocycles. The van der Waals surface area contributed by atoms with Crippen molar-refractivity contribution in [3.8, 4) is 0 Å². The van der Waals surface area contributed by atoms with Crippen molar-refractivity contribution < 1.29 is 13.2 Å². The first-order valence-corrected chi connectivity index (χ1v) is 10.1. The number of halogens is 3. The normalized spacial score (nSPS) is 17.0. The molecule has 0 aliphatic carbocycles. The predicted octanol–water partition coefficient (Wildman–Crippen LogP) is 3.32. The minimum atomic E-state index is -4.38. The van der Waals surface area contributed by atoms with Crippen LogP contribution in [-0.4, -0.2) is 43.7 Å². The van der Waals surface area contributed by atoms with Gasteiger partial charge >= 0.3 is 6.18 Å². The van der Waals surface area contributed by atoms with Gasteiger partial charge in [-0.2, -0.15) is 13.2 Å². The minimum absolute atomic E-state index is 0.415. The Hall–Kier alpha value is -2.29. The number of anilines is 1. The SMILES string of the molecule is CN=C(NCCc1nc(C(F)(F)F)cs1)NCCN1c2ccccc2CC1C. The third-order valence-electron chi connectivity index (χ3n) is 4.69. The van der Waals surface area contributed by atoms with E-state index in [1.807, 2.05) is 0 Å². The van der Waals surface area contributed by atoms with Crippen molar-refractivity contribution in [1.82, 2.24) is 15.6 Å². The number of alkyl halides is 3. The largest absolute Gasteiger partial charge is 0.434 e. The van der Waals surface area contributed by atoms with E-state index in [-0.39, 0.29) is 0 Å². The molecule has 1 aromatic carbocycles. The molecule has 0 spiro atoms. The molecule has 1 aliphatic rings. The Kier molecular flexibility index (Phi) is 6.43. The molecular weight excluding hydrogens is 387 g/mol. The highest BCUT2D eigenvalue weighted by atomic mass is 32.1. The topological polar surface area (TPSA) is 52.6 Å². The Bertz CT molecular complexity index is 818. The lowest BCUT2D eigenvalue weighted by molar-refractivity contribution is -0.140. The summed E-state index contributed by atoms with van der Waals surface area (Å²) in [5.74, 6) is 0.632. The third-order valence-corrected chi connectivity index (χ3v) is 5.60. The Labute approximate surface area is 166 Å². The standard InChI is InChI=1S/C19H24F3N5S/c1-13-11-14-5-3-4-6-15(14)27(13)10-9-25-18(23-2)24-8-7-17-26-16(12-28-17)19(20,21)22/h3-6,12-13H,7-11H2,1-2H3,(H2,23,24,25). The molecule has 2 heterocycles. The summed E-state index contributed by atoms with van der Waals surface area (Å²) in [7, 11) is 1.67. The minimum Gasteiger partial charge on any atom is -0.367 e. The van der Waals surface area contributed by atoms with Crippen LogP contribution >= 0.6 is 11.3 Å². The van der Waals surface area contributed by atoms with E-state index in [1.165, 1.54) is 11.3 Å². The van der Waals surface area contributed by atoms with Gasteiger partial charge in [-0.05, 0) is 25.0 Å². The Morgan fingerprint density at radius 2 is 2.04 bits per heavy atom. The lowest BCUT2D eigenvalue weighted by atomic mass is 10.1. The van der Waals surface area contributed by atoms with Crippen LogP contribution in [0.3, 0.4) is 0 Å². The average Bonchev–Trinajstić information content (AvgIpc) is 3.25. The lowest BCUT2D eigenvalue weighted by Gasteiger charge is -2.25. The van der Waals surface area contributed by atoms with Crippen molar-refractivity contribution in [2.75, 3.05) is 31.6 Å². The van der Waals surface area contributed by atoms with Crippen LogP contribution < -0.4 is 15.5 Å². The summed E-state index contributed by atoms with van der Waals surface area (Å²) in [6.07, 6.45) is -2.92. The monoisotopic (exact) mass is 411 g/mol. The van der Waals surface area contributed by atoms with Crippen LogP contribution in [0, 0.1) is 0 Å². The highest BCUT2D eigenvalue weighted by molar-refractivity contribution is 7.09. The van der Waals surface area contributed by atoms with E-state index in [2.05, 4.69) is 56.7 Å². The Morgan fingerprint density at radius 1 is 1.29 bits per heavy atom. The molecule has 0 bridgehead atoms. The fourth-order valence-corrected chi connectivity index (χ4v) is 4.13. The zero-order chi connectivity index (χ0) is 20.1. The molecule has 0 saturated carbocycles. The Balaban J connectivity index is 1.42. The molecular formula is C19H24F3N5S. The number of nitrogens with one attached hydrogen (secondary N) is 2. The van der Waals surface area contributed by atoms with Crippen molar-refractivity contribution in [2.24, 2.45) is 4.99 Å². The molecule has 9 heteroatoms. The van der Waals surface area contributed by atoms with Gasteiger partial charge in [0, 0.05) is 50.2 Å². The van der Waals surface area contributed by atoms with Gasteiger partial charge in [-0.1, -0.05) is 18.2 Å². The average molecular weight is 411 g/mol. The molecule has 1 unspecified atom stereocenters. The number of guanidine groups is 1. The number of rotatable bonds is 6. The van der Waals surface area contributed by atoms with Gasteiger partial charge in [0.25, 0.3) is 0 Å². The van der Waals surface area contributed by atoms with Crippen LogP contribution in [0.2, 0.25) is 0 Å². The van der Waals surface area contributed by atoms with Crippen LogP contribution in [0.4, 0.5) is 18.9 Å². The van der Waals surface area contributed by atoms with Crippen molar-refractivity contribution in [2.45, 2.75) is 32.0 Å². The summed E-state index contributed by atoms with van der Waals surface area (Å²) in [5, 5.41) is 7.90. The van der Waals surface area contributed by atoms with E-state index in [4.69, 9.17) is 0 Å². The molecule has 152 valence electrons. The highest BCUT2D eigenvalue weighted by Gasteiger charge is 2.33. The molecule has 1 aliphatic heterocycles. The van der Waals surface area contributed by atoms with Gasteiger partial charge in [-0.3, -0.25) is 4.99 Å². The Morgan fingerprint density at radius 3 is 2.75 bits per heavy atom. The molecule has 3 rings (SSSR count). The van der Waals surface area contributed by atoms with Gasteiger partial charge < -0.3 is 15.5 Å². The summed E-state index contributed by atoms with van der Waals surface area (Å²) >= 11 is 1.03. The van der Waals surface area contributed by atoms with E-state index >= 15 is 0 Å². The van der Waals surface area contributed by atoms with Gasteiger partial charge in [0.05, 0.1) is 5.01 Å². The van der Waals surface area contributed by atoms with Crippen LogP contribution in [0.5, 0.6) is 0 Å². The van der Waals surface area contributed by atoms with E-state index in [0.29, 0.717) is 36.5 Å². The zero-order valence-electron chi connectivity index (χ0n) is 15.9. The van der Waals surface area contributed by atoms with Crippen molar-refractivity contribution in [3.05, 3.63) is 45.9 Å². The van der Waals surface area contributed by atoms with Crippen LogP contribution in [0.15, 0.2) is 34.6 Å². The molecule has 28 heavy (non-hydrogen) atoms. The first-order valence-electron chi connectivity index (χ1n) is 9.19. The first-order chi connectivity index (χ1) is 13.4. The van der Waals surface area contributed by atoms with Gasteiger partial charge in [0.1, 0.15) is 0 Å². The second-order valence-electron chi connectivity index (χ2n) is 6.68. The van der Waals surface area contributed by atoms with Crippen molar-refractivity contribution in [1.29, 1.82) is 0 Å². The maximum atomic E-state index is 12.6. The number of hydrogen-bond donors (Lipinski definition) is 2. The van der Waals surface area contributed by atoms with Crippen molar-refractivity contribution >= 4 is 23.0 Å². The summed E-state index contributed by atoms with van der Waals surface area (Å²) in [6, 6.07) is 8.90. The molecule has 2 N–H and O–H groups in total.